The minimum Gasteiger partial charge on any atom is -0.398 e. The van der Waals surface area contributed by atoms with E-state index in [4.69, 9.17) is 5.73 Å². The first-order chi connectivity index (χ1) is 9.34. The van der Waals surface area contributed by atoms with Gasteiger partial charge < -0.3 is 11.1 Å². The summed E-state index contributed by atoms with van der Waals surface area (Å²) in [5.74, 6) is 0. The predicted octanol–water partition coefficient (Wildman–Crippen LogP) is 3.43. The number of aromatic nitrogens is 1. The quantitative estimate of drug-likeness (QED) is 0.699. The fraction of sp³-hybridized carbons (Fsp3) is 0.0625. The van der Waals surface area contributed by atoms with Crippen LogP contribution in [0, 0.1) is 0 Å². The highest BCUT2D eigenvalue weighted by atomic mass is 14.9. The monoisotopic (exact) mass is 249 g/mol. The Balaban J connectivity index is 1.88. The van der Waals surface area contributed by atoms with Crippen molar-refractivity contribution in [1.82, 2.24) is 4.98 Å². The van der Waals surface area contributed by atoms with Gasteiger partial charge in [0.15, 0.2) is 0 Å². The Morgan fingerprint density at radius 1 is 0.947 bits per heavy atom. The number of para-hydroxylation sites is 1. The third kappa shape index (κ3) is 2.36. The molecule has 3 rings (SSSR count). The van der Waals surface area contributed by atoms with Crippen LogP contribution < -0.4 is 11.1 Å². The molecule has 0 saturated heterocycles. The standard InChI is InChI=1S/C16H15N3/c17-14-7-2-1-5-12(14)11-19-16-9-3-8-15-13(16)6-4-10-18-15/h1-10,19H,11,17H2. The van der Waals surface area contributed by atoms with Crippen molar-refractivity contribution in [3.05, 3.63) is 66.4 Å². The molecule has 3 heteroatoms. The maximum atomic E-state index is 5.95. The van der Waals surface area contributed by atoms with Crippen LogP contribution in [0.5, 0.6) is 0 Å². The molecule has 94 valence electrons. The average Bonchev–Trinajstić information content (AvgIpc) is 2.46. The molecule has 0 radical (unpaired) electrons. The Morgan fingerprint density at radius 3 is 2.74 bits per heavy atom. The summed E-state index contributed by atoms with van der Waals surface area (Å²) in [5, 5.41) is 4.55. The van der Waals surface area contributed by atoms with E-state index in [2.05, 4.69) is 22.4 Å². The van der Waals surface area contributed by atoms with E-state index < -0.39 is 0 Å². The summed E-state index contributed by atoms with van der Waals surface area (Å²) in [7, 11) is 0. The average molecular weight is 249 g/mol. The first-order valence-electron chi connectivity index (χ1n) is 6.25. The van der Waals surface area contributed by atoms with Crippen LogP contribution in [0.2, 0.25) is 0 Å². The van der Waals surface area contributed by atoms with Gasteiger partial charge in [-0.05, 0) is 35.9 Å². The van der Waals surface area contributed by atoms with E-state index in [1.54, 1.807) is 6.20 Å². The zero-order valence-corrected chi connectivity index (χ0v) is 10.5. The molecule has 1 aromatic heterocycles. The molecule has 0 saturated carbocycles. The zero-order chi connectivity index (χ0) is 13.1. The second kappa shape index (κ2) is 4.98. The SMILES string of the molecule is Nc1ccccc1CNc1cccc2ncccc12. The molecule has 0 unspecified atom stereocenters. The molecule has 0 aliphatic heterocycles. The number of pyridine rings is 1. The summed E-state index contributed by atoms with van der Waals surface area (Å²) >= 11 is 0. The summed E-state index contributed by atoms with van der Waals surface area (Å²) < 4.78 is 0. The van der Waals surface area contributed by atoms with Crippen molar-refractivity contribution < 1.29 is 0 Å². The second-order valence-corrected chi connectivity index (χ2v) is 4.43. The maximum Gasteiger partial charge on any atom is 0.0722 e. The van der Waals surface area contributed by atoms with Crippen LogP contribution >= 0.6 is 0 Å². The second-order valence-electron chi connectivity index (χ2n) is 4.43. The normalized spacial score (nSPS) is 10.5. The molecule has 0 spiro atoms. The number of fused-ring (bicyclic) bond motifs is 1. The van der Waals surface area contributed by atoms with Crippen molar-refractivity contribution in [3.63, 3.8) is 0 Å². The van der Waals surface area contributed by atoms with Gasteiger partial charge >= 0.3 is 0 Å². The summed E-state index contributed by atoms with van der Waals surface area (Å²) in [6.45, 7) is 0.709. The van der Waals surface area contributed by atoms with Gasteiger partial charge in [-0.2, -0.15) is 0 Å². The van der Waals surface area contributed by atoms with E-state index in [1.165, 1.54) is 0 Å². The number of hydrogen-bond acceptors (Lipinski definition) is 3. The van der Waals surface area contributed by atoms with E-state index in [0.29, 0.717) is 6.54 Å². The largest absolute Gasteiger partial charge is 0.398 e. The van der Waals surface area contributed by atoms with E-state index in [0.717, 1.165) is 27.8 Å². The van der Waals surface area contributed by atoms with Crippen molar-refractivity contribution in [3.8, 4) is 0 Å². The van der Waals surface area contributed by atoms with Gasteiger partial charge in [-0.15, -0.1) is 0 Å². The summed E-state index contributed by atoms with van der Waals surface area (Å²) in [5.41, 5.74) is 9.93. The zero-order valence-electron chi connectivity index (χ0n) is 10.5. The van der Waals surface area contributed by atoms with E-state index in [9.17, 15) is 0 Å². The van der Waals surface area contributed by atoms with Gasteiger partial charge in [0.05, 0.1) is 5.52 Å². The van der Waals surface area contributed by atoms with E-state index in [-0.39, 0.29) is 0 Å². The highest BCUT2D eigenvalue weighted by Gasteiger charge is 2.02. The lowest BCUT2D eigenvalue weighted by Crippen LogP contribution is -2.03. The number of nitrogens with two attached hydrogens (primary N) is 1. The van der Waals surface area contributed by atoms with Crippen LogP contribution in [0.15, 0.2) is 60.8 Å². The van der Waals surface area contributed by atoms with Gasteiger partial charge in [-0.25, -0.2) is 0 Å². The number of benzene rings is 2. The lowest BCUT2D eigenvalue weighted by Gasteiger charge is -2.10. The van der Waals surface area contributed by atoms with Gasteiger partial charge in [0.25, 0.3) is 0 Å². The molecule has 0 bridgehead atoms. The van der Waals surface area contributed by atoms with Crippen molar-refractivity contribution in [2.24, 2.45) is 0 Å². The Labute approximate surface area is 112 Å². The molecule has 19 heavy (non-hydrogen) atoms. The molecule has 3 nitrogen and oxygen atoms in total. The Bertz CT molecular complexity index is 702. The van der Waals surface area contributed by atoms with Gasteiger partial charge in [0.1, 0.15) is 0 Å². The molecule has 1 heterocycles. The first-order valence-corrected chi connectivity index (χ1v) is 6.25. The summed E-state index contributed by atoms with van der Waals surface area (Å²) in [6.07, 6.45) is 1.81. The van der Waals surface area contributed by atoms with Crippen LogP contribution in [0.4, 0.5) is 11.4 Å². The van der Waals surface area contributed by atoms with Gasteiger partial charge in [-0.1, -0.05) is 24.3 Å². The lowest BCUT2D eigenvalue weighted by molar-refractivity contribution is 1.16. The highest BCUT2D eigenvalue weighted by Crippen LogP contribution is 2.22. The highest BCUT2D eigenvalue weighted by molar-refractivity contribution is 5.91. The predicted molar refractivity (Wildman–Crippen MR) is 79.9 cm³/mol. The fourth-order valence-corrected chi connectivity index (χ4v) is 2.14. The van der Waals surface area contributed by atoms with Gasteiger partial charge in [-0.3, -0.25) is 4.98 Å². The van der Waals surface area contributed by atoms with Crippen LogP contribution in [0.1, 0.15) is 5.56 Å². The number of nitrogens with zero attached hydrogens (tertiary/aromatic N) is 1. The fourth-order valence-electron chi connectivity index (χ4n) is 2.14. The molecule has 0 amide bonds. The minimum atomic E-state index is 0.709. The number of anilines is 2. The number of rotatable bonds is 3. The first kappa shape index (κ1) is 11.5. The molecular formula is C16H15N3. The van der Waals surface area contributed by atoms with Crippen LogP contribution in [0.3, 0.4) is 0 Å². The Hall–Kier alpha value is -2.55. The van der Waals surface area contributed by atoms with Gasteiger partial charge in [0.2, 0.25) is 0 Å². The molecule has 0 fully saturated rings. The van der Waals surface area contributed by atoms with Crippen molar-refractivity contribution in [1.29, 1.82) is 0 Å². The van der Waals surface area contributed by atoms with E-state index >= 15 is 0 Å². The molecular weight excluding hydrogens is 234 g/mol. The number of nitrogen functional groups attached to an aromatic ring is 1. The van der Waals surface area contributed by atoms with Gasteiger partial charge in [0, 0.05) is 29.5 Å². The lowest BCUT2D eigenvalue weighted by atomic mass is 10.1. The minimum absolute atomic E-state index is 0.709. The number of hydrogen-bond donors (Lipinski definition) is 2. The maximum absolute atomic E-state index is 5.95. The van der Waals surface area contributed by atoms with Crippen LogP contribution in [0.25, 0.3) is 10.9 Å². The Kier molecular flexibility index (Phi) is 3.02. The smallest absolute Gasteiger partial charge is 0.0722 e. The van der Waals surface area contributed by atoms with Crippen molar-refractivity contribution in [2.75, 3.05) is 11.1 Å². The molecule has 3 aromatic rings. The molecule has 2 aromatic carbocycles. The topological polar surface area (TPSA) is 50.9 Å². The summed E-state index contributed by atoms with van der Waals surface area (Å²) in [6, 6.07) is 18.0. The third-order valence-corrected chi connectivity index (χ3v) is 3.17. The van der Waals surface area contributed by atoms with Crippen molar-refractivity contribution >= 4 is 22.3 Å². The van der Waals surface area contributed by atoms with Crippen LogP contribution in [-0.4, -0.2) is 4.98 Å². The van der Waals surface area contributed by atoms with Crippen LogP contribution in [-0.2, 0) is 6.54 Å². The number of nitrogens with one attached hydrogen (secondary N) is 1. The molecule has 0 atom stereocenters. The molecule has 0 aliphatic carbocycles. The Morgan fingerprint density at radius 2 is 1.84 bits per heavy atom. The third-order valence-electron chi connectivity index (χ3n) is 3.17. The molecule has 3 N–H and O–H groups in total. The van der Waals surface area contributed by atoms with E-state index in [1.807, 2.05) is 42.5 Å². The van der Waals surface area contributed by atoms with Crippen molar-refractivity contribution in [2.45, 2.75) is 6.54 Å². The molecule has 0 aliphatic rings. The summed E-state index contributed by atoms with van der Waals surface area (Å²) in [4.78, 5) is 4.35.